The molecular formula is C14H15IN2O2S. The molecule has 0 aliphatic heterocycles. The Morgan fingerprint density at radius 1 is 1.05 bits per heavy atom. The van der Waals surface area contributed by atoms with E-state index >= 15 is 0 Å². The average molecular weight is 402 g/mol. The van der Waals surface area contributed by atoms with Crippen molar-refractivity contribution in [1.29, 1.82) is 0 Å². The highest BCUT2D eigenvalue weighted by Crippen LogP contribution is 2.26. The molecule has 0 bridgehead atoms. The molecular weight excluding hydrogens is 387 g/mol. The van der Waals surface area contributed by atoms with Crippen LogP contribution in [0.2, 0.25) is 0 Å². The van der Waals surface area contributed by atoms with Crippen molar-refractivity contribution >= 4 is 44.0 Å². The van der Waals surface area contributed by atoms with Crippen molar-refractivity contribution in [3.63, 3.8) is 0 Å². The first-order valence-electron chi connectivity index (χ1n) is 5.95. The summed E-state index contributed by atoms with van der Waals surface area (Å²) >= 11 is 2.17. The smallest absolute Gasteiger partial charge is 0.262 e. The van der Waals surface area contributed by atoms with Crippen LogP contribution in [-0.4, -0.2) is 8.42 Å². The van der Waals surface area contributed by atoms with Crippen LogP contribution >= 0.6 is 22.6 Å². The third kappa shape index (κ3) is 3.06. The molecule has 2 aromatic carbocycles. The number of nitrogens with two attached hydrogens (primary N) is 1. The quantitative estimate of drug-likeness (QED) is 0.612. The molecule has 3 N–H and O–H groups in total. The van der Waals surface area contributed by atoms with Crippen LogP contribution in [0.5, 0.6) is 0 Å². The number of rotatable bonds is 3. The van der Waals surface area contributed by atoms with Crippen LogP contribution in [0.1, 0.15) is 11.1 Å². The maximum Gasteiger partial charge on any atom is 0.262 e. The third-order valence-electron chi connectivity index (χ3n) is 3.01. The first-order valence-corrected chi connectivity index (χ1v) is 8.51. The van der Waals surface area contributed by atoms with Crippen LogP contribution in [-0.2, 0) is 10.0 Å². The Labute approximate surface area is 132 Å². The van der Waals surface area contributed by atoms with Crippen molar-refractivity contribution in [2.24, 2.45) is 0 Å². The molecule has 2 rings (SSSR count). The number of hydrogen-bond acceptors (Lipinski definition) is 3. The van der Waals surface area contributed by atoms with Crippen molar-refractivity contribution in [2.75, 3.05) is 10.5 Å². The van der Waals surface area contributed by atoms with Crippen LogP contribution in [0.3, 0.4) is 0 Å². The summed E-state index contributed by atoms with van der Waals surface area (Å²) < 4.78 is 28.7. The van der Waals surface area contributed by atoms with Gasteiger partial charge in [-0.25, -0.2) is 8.42 Å². The molecule has 0 spiro atoms. The normalized spacial score (nSPS) is 11.3. The van der Waals surface area contributed by atoms with E-state index in [0.717, 1.165) is 3.57 Å². The van der Waals surface area contributed by atoms with E-state index in [1.54, 1.807) is 38.1 Å². The Morgan fingerprint density at radius 3 is 2.25 bits per heavy atom. The van der Waals surface area contributed by atoms with Gasteiger partial charge in [0, 0.05) is 14.9 Å². The zero-order chi connectivity index (χ0) is 14.9. The van der Waals surface area contributed by atoms with Gasteiger partial charge in [-0.2, -0.15) is 0 Å². The average Bonchev–Trinajstić information content (AvgIpc) is 2.37. The predicted molar refractivity (Wildman–Crippen MR) is 90.3 cm³/mol. The molecule has 0 heterocycles. The summed E-state index contributed by atoms with van der Waals surface area (Å²) in [5.74, 6) is 0. The van der Waals surface area contributed by atoms with E-state index in [1.165, 1.54) is 0 Å². The number of halogens is 1. The minimum absolute atomic E-state index is 0.246. The van der Waals surface area contributed by atoms with Gasteiger partial charge in [0.2, 0.25) is 0 Å². The molecule has 6 heteroatoms. The van der Waals surface area contributed by atoms with Crippen molar-refractivity contribution in [3.8, 4) is 0 Å². The minimum atomic E-state index is -3.64. The summed E-state index contributed by atoms with van der Waals surface area (Å²) in [5, 5.41) is 0. The van der Waals surface area contributed by atoms with Gasteiger partial charge in [0.05, 0.1) is 4.90 Å². The molecule has 0 unspecified atom stereocenters. The number of aryl methyl sites for hydroxylation is 1. The highest BCUT2D eigenvalue weighted by molar-refractivity contribution is 14.1. The van der Waals surface area contributed by atoms with E-state index < -0.39 is 10.0 Å². The summed E-state index contributed by atoms with van der Waals surface area (Å²) in [7, 11) is -3.64. The highest BCUT2D eigenvalue weighted by atomic mass is 127. The van der Waals surface area contributed by atoms with E-state index in [-0.39, 0.29) is 4.90 Å². The molecule has 2 aromatic rings. The van der Waals surface area contributed by atoms with E-state index in [1.807, 2.05) is 12.1 Å². The second kappa shape index (κ2) is 5.61. The summed E-state index contributed by atoms with van der Waals surface area (Å²) in [6, 6.07) is 10.6. The van der Waals surface area contributed by atoms with Gasteiger partial charge < -0.3 is 5.73 Å². The van der Waals surface area contributed by atoms with Gasteiger partial charge in [-0.3, -0.25) is 4.72 Å². The second-order valence-corrected chi connectivity index (χ2v) is 7.40. The van der Waals surface area contributed by atoms with Gasteiger partial charge in [0.1, 0.15) is 0 Å². The maximum absolute atomic E-state index is 12.5. The van der Waals surface area contributed by atoms with Crippen LogP contribution in [0, 0.1) is 17.4 Å². The summed E-state index contributed by atoms with van der Waals surface area (Å²) in [4.78, 5) is 0.246. The molecule has 106 valence electrons. The van der Waals surface area contributed by atoms with Crippen molar-refractivity contribution in [2.45, 2.75) is 18.7 Å². The van der Waals surface area contributed by atoms with Crippen LogP contribution in [0.4, 0.5) is 11.4 Å². The molecule has 4 nitrogen and oxygen atoms in total. The van der Waals surface area contributed by atoms with Gasteiger partial charge in [-0.15, -0.1) is 0 Å². The van der Waals surface area contributed by atoms with Crippen molar-refractivity contribution in [3.05, 3.63) is 51.1 Å². The first-order chi connectivity index (χ1) is 9.31. The highest BCUT2D eigenvalue weighted by Gasteiger charge is 2.20. The Hall–Kier alpha value is -1.28. The molecule has 0 fully saturated rings. The number of hydrogen-bond donors (Lipinski definition) is 2. The molecule has 0 saturated heterocycles. The summed E-state index contributed by atoms with van der Waals surface area (Å²) in [5.41, 5.74) is 8.06. The van der Waals surface area contributed by atoms with E-state index in [9.17, 15) is 8.42 Å². The molecule has 0 aliphatic rings. The maximum atomic E-state index is 12.5. The van der Waals surface area contributed by atoms with Crippen LogP contribution in [0.25, 0.3) is 0 Å². The fourth-order valence-corrected chi connectivity index (χ4v) is 3.90. The molecule has 0 atom stereocenters. The monoisotopic (exact) mass is 402 g/mol. The lowest BCUT2D eigenvalue weighted by molar-refractivity contribution is 0.600. The Balaban J connectivity index is 2.46. The summed E-state index contributed by atoms with van der Waals surface area (Å²) in [6.45, 7) is 3.47. The van der Waals surface area contributed by atoms with Crippen molar-refractivity contribution in [1.82, 2.24) is 0 Å². The fraction of sp³-hybridized carbons (Fsp3) is 0.143. The number of sulfonamides is 1. The molecule has 0 saturated carbocycles. The SMILES string of the molecule is Cc1ccc(N)c(C)c1S(=O)(=O)Nc1ccc(I)cc1. The van der Waals surface area contributed by atoms with Gasteiger partial charge in [0.25, 0.3) is 10.0 Å². The third-order valence-corrected chi connectivity index (χ3v) is 5.40. The Morgan fingerprint density at radius 2 is 1.65 bits per heavy atom. The Kier molecular flexibility index (Phi) is 4.24. The van der Waals surface area contributed by atoms with Crippen LogP contribution in [0.15, 0.2) is 41.3 Å². The standard InChI is InChI=1S/C14H15IN2O2S/c1-9-3-8-13(16)10(2)14(9)20(18,19)17-12-6-4-11(15)5-7-12/h3-8,17H,16H2,1-2H3. The van der Waals surface area contributed by atoms with E-state index in [0.29, 0.717) is 22.5 Å². The minimum Gasteiger partial charge on any atom is -0.398 e. The van der Waals surface area contributed by atoms with E-state index in [4.69, 9.17) is 5.73 Å². The number of anilines is 2. The lowest BCUT2D eigenvalue weighted by atomic mass is 10.1. The predicted octanol–water partition coefficient (Wildman–Crippen LogP) is 3.29. The molecule has 0 aliphatic carbocycles. The first kappa shape index (κ1) is 15.1. The van der Waals surface area contributed by atoms with E-state index in [2.05, 4.69) is 27.3 Å². The molecule has 0 aromatic heterocycles. The lowest BCUT2D eigenvalue weighted by Gasteiger charge is -2.14. The topological polar surface area (TPSA) is 72.2 Å². The van der Waals surface area contributed by atoms with Gasteiger partial charge in [0.15, 0.2) is 0 Å². The number of nitrogen functional groups attached to an aromatic ring is 1. The number of benzene rings is 2. The summed E-state index contributed by atoms with van der Waals surface area (Å²) in [6.07, 6.45) is 0. The van der Waals surface area contributed by atoms with Crippen LogP contribution < -0.4 is 10.5 Å². The van der Waals surface area contributed by atoms with Crippen molar-refractivity contribution < 1.29 is 8.42 Å². The zero-order valence-corrected chi connectivity index (χ0v) is 14.1. The van der Waals surface area contributed by atoms with Gasteiger partial charge >= 0.3 is 0 Å². The largest absolute Gasteiger partial charge is 0.398 e. The molecule has 20 heavy (non-hydrogen) atoms. The molecule has 0 amide bonds. The van der Waals surface area contributed by atoms with Gasteiger partial charge in [-0.05, 0) is 77.9 Å². The second-order valence-electron chi connectivity index (χ2n) is 4.54. The Bertz CT molecular complexity index is 741. The fourth-order valence-electron chi connectivity index (χ4n) is 1.98. The zero-order valence-electron chi connectivity index (χ0n) is 11.1. The number of nitrogens with one attached hydrogen (secondary N) is 1. The van der Waals surface area contributed by atoms with Gasteiger partial charge in [-0.1, -0.05) is 6.07 Å². The lowest BCUT2D eigenvalue weighted by Crippen LogP contribution is -2.16. The molecule has 0 radical (unpaired) electrons.